The molecule has 0 atom stereocenters. The lowest BCUT2D eigenvalue weighted by molar-refractivity contribution is 0.983. The van der Waals surface area contributed by atoms with Crippen molar-refractivity contribution in [2.45, 2.75) is 6.92 Å². The highest BCUT2D eigenvalue weighted by molar-refractivity contribution is 6.37. The van der Waals surface area contributed by atoms with E-state index in [-0.39, 0.29) is 5.15 Å². The van der Waals surface area contributed by atoms with Gasteiger partial charge in [0.25, 0.3) is 0 Å². The number of hydrogen-bond donors (Lipinski definition) is 0. The third-order valence-electron chi connectivity index (χ3n) is 3.17. The lowest BCUT2D eigenvalue weighted by atomic mass is 9.99. The highest BCUT2D eigenvalue weighted by Gasteiger charge is 2.20. The van der Waals surface area contributed by atoms with E-state index in [9.17, 15) is 0 Å². The highest BCUT2D eigenvalue weighted by Crippen LogP contribution is 2.40. The Morgan fingerprint density at radius 2 is 1.65 bits per heavy atom. The summed E-state index contributed by atoms with van der Waals surface area (Å²) in [6.45, 7) is 1.82. The van der Waals surface area contributed by atoms with E-state index in [4.69, 9.17) is 46.4 Å². The van der Waals surface area contributed by atoms with Crippen LogP contribution < -0.4 is 0 Å². The average Bonchev–Trinajstić information content (AvgIpc) is 2.51. The minimum atomic E-state index is 0.192. The Labute approximate surface area is 152 Å². The zero-order chi connectivity index (χ0) is 16.6. The average molecular weight is 386 g/mol. The van der Waals surface area contributed by atoms with Gasteiger partial charge in [0.2, 0.25) is 0 Å². The third kappa shape index (κ3) is 3.26. The van der Waals surface area contributed by atoms with E-state index in [0.29, 0.717) is 32.1 Å². The molecule has 0 saturated carbocycles. The number of halogens is 4. The van der Waals surface area contributed by atoms with Gasteiger partial charge < -0.3 is 0 Å². The molecule has 3 aromatic heterocycles. The molecule has 0 saturated heterocycles. The SMILES string of the molecule is Cc1nnc(Cl)c(-c2ncc(Cl)cc2Cl)c1-c1ccc(Cl)nc1. The largest absolute Gasteiger partial charge is 0.253 e. The molecule has 8 heteroatoms. The van der Waals surface area contributed by atoms with Crippen molar-refractivity contribution in [3.8, 4) is 22.4 Å². The quantitative estimate of drug-likeness (QED) is 0.544. The fourth-order valence-corrected chi connectivity index (χ4v) is 3.00. The minimum absolute atomic E-state index is 0.192. The first-order chi connectivity index (χ1) is 11.0. The zero-order valence-corrected chi connectivity index (χ0v) is 14.7. The van der Waals surface area contributed by atoms with Gasteiger partial charge in [-0.05, 0) is 25.1 Å². The summed E-state index contributed by atoms with van der Waals surface area (Å²) in [5.74, 6) is 0. The maximum absolute atomic E-state index is 6.28. The molecule has 0 amide bonds. The maximum Gasteiger partial charge on any atom is 0.161 e. The van der Waals surface area contributed by atoms with Gasteiger partial charge in [0, 0.05) is 23.5 Å². The fraction of sp³-hybridized carbons (Fsp3) is 0.0667. The van der Waals surface area contributed by atoms with Crippen molar-refractivity contribution in [1.29, 1.82) is 0 Å². The predicted octanol–water partition coefficient (Wildman–Crippen LogP) is 5.52. The molecule has 0 spiro atoms. The molecular weight excluding hydrogens is 378 g/mol. The molecule has 0 aromatic carbocycles. The van der Waals surface area contributed by atoms with Crippen LogP contribution in [0.25, 0.3) is 22.4 Å². The zero-order valence-electron chi connectivity index (χ0n) is 11.7. The first-order valence-electron chi connectivity index (χ1n) is 6.43. The van der Waals surface area contributed by atoms with Gasteiger partial charge in [-0.25, -0.2) is 4.98 Å². The van der Waals surface area contributed by atoms with E-state index in [1.54, 1.807) is 18.3 Å². The van der Waals surface area contributed by atoms with Crippen LogP contribution in [0.3, 0.4) is 0 Å². The number of nitrogens with zero attached hydrogens (tertiary/aromatic N) is 4. The molecule has 0 aliphatic heterocycles. The predicted molar refractivity (Wildman–Crippen MR) is 93.3 cm³/mol. The van der Waals surface area contributed by atoms with Gasteiger partial charge in [0.15, 0.2) is 5.15 Å². The summed E-state index contributed by atoms with van der Waals surface area (Å²) in [7, 11) is 0. The fourth-order valence-electron chi connectivity index (χ4n) is 2.19. The summed E-state index contributed by atoms with van der Waals surface area (Å²) in [5.41, 5.74) is 3.24. The smallest absolute Gasteiger partial charge is 0.161 e. The van der Waals surface area contributed by atoms with E-state index in [2.05, 4.69) is 20.2 Å². The number of aromatic nitrogens is 4. The molecule has 0 radical (unpaired) electrons. The standard InChI is InChI=1S/C15H8Cl4N4/c1-7-12(8-2-3-11(18)20-5-8)13(15(19)23-22-7)14-10(17)4-9(16)6-21-14/h2-6H,1H3. The Balaban J connectivity index is 2.32. The lowest BCUT2D eigenvalue weighted by Gasteiger charge is -2.13. The molecule has 23 heavy (non-hydrogen) atoms. The molecule has 4 nitrogen and oxygen atoms in total. The van der Waals surface area contributed by atoms with Crippen molar-refractivity contribution in [2.75, 3.05) is 0 Å². The Morgan fingerprint density at radius 3 is 2.30 bits per heavy atom. The molecule has 0 aliphatic carbocycles. The van der Waals surface area contributed by atoms with Crippen LogP contribution in [0.4, 0.5) is 0 Å². The topological polar surface area (TPSA) is 51.6 Å². The second-order valence-corrected chi connectivity index (χ2v) is 6.27. The second-order valence-electron chi connectivity index (χ2n) is 4.68. The van der Waals surface area contributed by atoms with Gasteiger partial charge in [-0.3, -0.25) is 4.98 Å². The molecule has 3 aromatic rings. The molecule has 0 unspecified atom stereocenters. The third-order valence-corrected chi connectivity index (χ3v) is 4.15. The normalized spacial score (nSPS) is 10.8. The van der Waals surface area contributed by atoms with Crippen molar-refractivity contribution in [2.24, 2.45) is 0 Å². The van der Waals surface area contributed by atoms with Crippen molar-refractivity contribution >= 4 is 46.4 Å². The van der Waals surface area contributed by atoms with Crippen LogP contribution in [-0.4, -0.2) is 20.2 Å². The minimum Gasteiger partial charge on any atom is -0.253 e. The van der Waals surface area contributed by atoms with Gasteiger partial charge in [-0.1, -0.05) is 46.4 Å². The van der Waals surface area contributed by atoms with Gasteiger partial charge >= 0.3 is 0 Å². The first-order valence-corrected chi connectivity index (χ1v) is 7.94. The van der Waals surface area contributed by atoms with E-state index < -0.39 is 0 Å². The van der Waals surface area contributed by atoms with Crippen LogP contribution in [-0.2, 0) is 0 Å². The van der Waals surface area contributed by atoms with Crippen molar-refractivity contribution in [3.05, 3.63) is 56.6 Å². The summed E-state index contributed by atoms with van der Waals surface area (Å²) in [4.78, 5) is 8.39. The molecule has 0 N–H and O–H groups in total. The number of hydrogen-bond acceptors (Lipinski definition) is 4. The van der Waals surface area contributed by atoms with Crippen LogP contribution in [0.15, 0.2) is 30.6 Å². The summed E-state index contributed by atoms with van der Waals surface area (Å²) in [6.07, 6.45) is 3.13. The Bertz CT molecular complexity index is 881. The molecule has 116 valence electrons. The van der Waals surface area contributed by atoms with E-state index in [1.807, 2.05) is 13.0 Å². The number of aryl methyl sites for hydroxylation is 1. The Hall–Kier alpha value is -1.46. The lowest BCUT2D eigenvalue weighted by Crippen LogP contribution is -1.99. The van der Waals surface area contributed by atoms with Gasteiger partial charge in [-0.15, -0.1) is 5.10 Å². The Kier molecular flexibility index (Phi) is 4.69. The second kappa shape index (κ2) is 6.57. The van der Waals surface area contributed by atoms with Gasteiger partial charge in [-0.2, -0.15) is 5.10 Å². The summed E-state index contributed by atoms with van der Waals surface area (Å²) >= 11 is 24.3. The molecule has 3 rings (SSSR count). The molecule has 0 bridgehead atoms. The Morgan fingerprint density at radius 1 is 0.870 bits per heavy atom. The molecule has 3 heterocycles. The van der Waals surface area contributed by atoms with E-state index in [1.165, 1.54) is 6.20 Å². The van der Waals surface area contributed by atoms with Gasteiger partial charge in [0.1, 0.15) is 5.15 Å². The van der Waals surface area contributed by atoms with Crippen LogP contribution >= 0.6 is 46.4 Å². The summed E-state index contributed by atoms with van der Waals surface area (Å²) in [6, 6.07) is 5.11. The molecule has 0 aliphatic rings. The van der Waals surface area contributed by atoms with Crippen molar-refractivity contribution in [1.82, 2.24) is 20.2 Å². The number of rotatable bonds is 2. The van der Waals surface area contributed by atoms with E-state index >= 15 is 0 Å². The highest BCUT2D eigenvalue weighted by atomic mass is 35.5. The molecule has 0 fully saturated rings. The van der Waals surface area contributed by atoms with Crippen molar-refractivity contribution < 1.29 is 0 Å². The molecular formula is C15H8Cl4N4. The number of pyridine rings is 2. The monoisotopic (exact) mass is 384 g/mol. The van der Waals surface area contributed by atoms with E-state index in [0.717, 1.165) is 11.1 Å². The van der Waals surface area contributed by atoms with Crippen LogP contribution in [0.1, 0.15) is 5.69 Å². The van der Waals surface area contributed by atoms with Crippen LogP contribution in [0.2, 0.25) is 20.4 Å². The van der Waals surface area contributed by atoms with Crippen molar-refractivity contribution in [3.63, 3.8) is 0 Å². The van der Waals surface area contributed by atoms with Crippen LogP contribution in [0, 0.1) is 6.92 Å². The van der Waals surface area contributed by atoms with Crippen LogP contribution in [0.5, 0.6) is 0 Å². The first kappa shape index (κ1) is 16.4. The van der Waals surface area contributed by atoms with Gasteiger partial charge in [0.05, 0.1) is 27.0 Å². The summed E-state index contributed by atoms with van der Waals surface area (Å²) in [5, 5.41) is 9.42. The maximum atomic E-state index is 6.28. The summed E-state index contributed by atoms with van der Waals surface area (Å²) < 4.78 is 0.